The molecular formula is C20H18N2O5. The van der Waals surface area contributed by atoms with Gasteiger partial charge in [-0.3, -0.25) is 4.79 Å². The van der Waals surface area contributed by atoms with Crippen molar-refractivity contribution in [2.75, 3.05) is 13.2 Å². The standard InChI is InChI=1S/C20H18N2O5/c23-10-13(11-24)21-19(25)9-22-16-4-2-1-3-14(16)15-7-12-5-6-20(26)27-18(12)8-17(15)22/h1-8,13,23-24H,9-11H2,(H,21,25). The normalized spacial score (nSPS) is 11.7. The summed E-state index contributed by atoms with van der Waals surface area (Å²) in [6.07, 6.45) is 0. The van der Waals surface area contributed by atoms with E-state index in [0.717, 1.165) is 27.2 Å². The predicted molar refractivity (Wildman–Crippen MR) is 102 cm³/mol. The Hall–Kier alpha value is -3.16. The fraction of sp³-hybridized carbons (Fsp3) is 0.200. The molecule has 0 aliphatic carbocycles. The fourth-order valence-electron chi connectivity index (χ4n) is 3.35. The zero-order valence-corrected chi connectivity index (χ0v) is 14.4. The number of hydrogen-bond donors (Lipinski definition) is 3. The predicted octanol–water partition coefficient (Wildman–Crippen LogP) is 1.37. The number of aliphatic hydroxyl groups is 2. The number of hydrogen-bond acceptors (Lipinski definition) is 5. The Morgan fingerprint density at radius 1 is 1.04 bits per heavy atom. The van der Waals surface area contributed by atoms with E-state index >= 15 is 0 Å². The molecule has 2 aromatic heterocycles. The van der Waals surface area contributed by atoms with E-state index in [4.69, 9.17) is 14.6 Å². The van der Waals surface area contributed by atoms with Gasteiger partial charge in [0.05, 0.1) is 24.8 Å². The van der Waals surface area contributed by atoms with Crippen LogP contribution in [0.15, 0.2) is 57.7 Å². The van der Waals surface area contributed by atoms with Gasteiger partial charge in [-0.15, -0.1) is 0 Å². The highest BCUT2D eigenvalue weighted by Gasteiger charge is 2.16. The molecule has 0 aliphatic rings. The lowest BCUT2D eigenvalue weighted by atomic mass is 10.1. The maximum absolute atomic E-state index is 12.4. The Labute approximate surface area is 153 Å². The molecule has 27 heavy (non-hydrogen) atoms. The molecule has 0 radical (unpaired) electrons. The van der Waals surface area contributed by atoms with Crippen molar-refractivity contribution >= 4 is 38.7 Å². The van der Waals surface area contributed by atoms with Gasteiger partial charge in [0.25, 0.3) is 0 Å². The third kappa shape index (κ3) is 3.07. The van der Waals surface area contributed by atoms with E-state index in [9.17, 15) is 9.59 Å². The second-order valence-electron chi connectivity index (χ2n) is 6.39. The maximum atomic E-state index is 12.4. The van der Waals surface area contributed by atoms with E-state index in [1.807, 2.05) is 34.9 Å². The van der Waals surface area contributed by atoms with Crippen LogP contribution in [0.5, 0.6) is 0 Å². The van der Waals surface area contributed by atoms with Crippen LogP contribution >= 0.6 is 0 Å². The number of amides is 1. The smallest absolute Gasteiger partial charge is 0.336 e. The molecule has 0 bridgehead atoms. The van der Waals surface area contributed by atoms with Crippen molar-refractivity contribution in [3.05, 3.63) is 59.0 Å². The van der Waals surface area contributed by atoms with Crippen LogP contribution in [-0.2, 0) is 11.3 Å². The highest BCUT2D eigenvalue weighted by molar-refractivity contribution is 6.12. The van der Waals surface area contributed by atoms with Gasteiger partial charge in [0.2, 0.25) is 5.91 Å². The molecule has 2 heterocycles. The summed E-state index contributed by atoms with van der Waals surface area (Å²) in [5, 5.41) is 23.7. The number of aliphatic hydroxyl groups excluding tert-OH is 2. The lowest BCUT2D eigenvalue weighted by molar-refractivity contribution is -0.122. The Kier molecular flexibility index (Phi) is 4.39. The maximum Gasteiger partial charge on any atom is 0.336 e. The lowest BCUT2D eigenvalue weighted by Crippen LogP contribution is -2.41. The van der Waals surface area contributed by atoms with Gasteiger partial charge in [-0.2, -0.15) is 0 Å². The topological polar surface area (TPSA) is 105 Å². The van der Waals surface area contributed by atoms with E-state index in [1.54, 1.807) is 12.1 Å². The quantitative estimate of drug-likeness (QED) is 0.463. The number of nitrogens with zero attached hydrogens (tertiary/aromatic N) is 1. The van der Waals surface area contributed by atoms with Crippen molar-refractivity contribution in [2.45, 2.75) is 12.6 Å². The van der Waals surface area contributed by atoms with Gasteiger partial charge in [-0.25, -0.2) is 4.79 Å². The third-order valence-electron chi connectivity index (χ3n) is 4.62. The van der Waals surface area contributed by atoms with Crippen LogP contribution in [-0.4, -0.2) is 39.9 Å². The minimum Gasteiger partial charge on any atom is -0.423 e. The Balaban J connectivity index is 1.89. The summed E-state index contributed by atoms with van der Waals surface area (Å²) >= 11 is 0. The molecule has 0 fully saturated rings. The SMILES string of the molecule is O=C(Cn1c2ccccc2c2cc3ccc(=O)oc3cc21)NC(CO)CO. The van der Waals surface area contributed by atoms with Crippen LogP contribution in [0.25, 0.3) is 32.8 Å². The zero-order chi connectivity index (χ0) is 19.0. The number of rotatable bonds is 5. The molecule has 1 amide bonds. The Morgan fingerprint density at radius 2 is 1.81 bits per heavy atom. The molecule has 0 atom stereocenters. The molecule has 0 unspecified atom stereocenters. The first kappa shape index (κ1) is 17.3. The molecule has 4 rings (SSSR count). The number of fused-ring (bicyclic) bond motifs is 4. The molecule has 0 saturated heterocycles. The fourth-order valence-corrected chi connectivity index (χ4v) is 3.35. The zero-order valence-electron chi connectivity index (χ0n) is 14.4. The number of aromatic nitrogens is 1. The number of benzene rings is 2. The van der Waals surface area contributed by atoms with E-state index < -0.39 is 11.7 Å². The molecule has 7 nitrogen and oxygen atoms in total. The molecule has 0 aliphatic heterocycles. The number of para-hydroxylation sites is 1. The molecule has 7 heteroatoms. The van der Waals surface area contributed by atoms with E-state index in [1.165, 1.54) is 6.07 Å². The Morgan fingerprint density at radius 3 is 2.59 bits per heavy atom. The van der Waals surface area contributed by atoms with Crippen LogP contribution in [0.1, 0.15) is 0 Å². The molecule has 138 valence electrons. The van der Waals surface area contributed by atoms with Gasteiger partial charge in [0, 0.05) is 33.8 Å². The highest BCUT2D eigenvalue weighted by Crippen LogP contribution is 2.31. The summed E-state index contributed by atoms with van der Waals surface area (Å²) < 4.78 is 7.12. The van der Waals surface area contributed by atoms with Crippen molar-refractivity contribution in [3.8, 4) is 0 Å². The summed E-state index contributed by atoms with van der Waals surface area (Å²) in [6, 6.07) is 13.8. The van der Waals surface area contributed by atoms with Crippen LogP contribution in [0.3, 0.4) is 0 Å². The van der Waals surface area contributed by atoms with Crippen molar-refractivity contribution in [2.24, 2.45) is 0 Å². The second kappa shape index (κ2) is 6.86. The summed E-state index contributed by atoms with van der Waals surface area (Å²) in [5.74, 6) is -0.333. The van der Waals surface area contributed by atoms with Crippen LogP contribution in [0.4, 0.5) is 0 Å². The first-order valence-corrected chi connectivity index (χ1v) is 8.56. The van der Waals surface area contributed by atoms with Gasteiger partial charge >= 0.3 is 5.63 Å². The first-order valence-electron chi connectivity index (χ1n) is 8.56. The first-order chi connectivity index (χ1) is 13.1. The average molecular weight is 366 g/mol. The largest absolute Gasteiger partial charge is 0.423 e. The summed E-state index contributed by atoms with van der Waals surface area (Å²) in [5.41, 5.74) is 1.64. The van der Waals surface area contributed by atoms with Crippen molar-refractivity contribution in [1.82, 2.24) is 9.88 Å². The monoisotopic (exact) mass is 366 g/mol. The van der Waals surface area contributed by atoms with Gasteiger partial charge in [0.15, 0.2) is 0 Å². The molecule has 4 aromatic rings. The van der Waals surface area contributed by atoms with Gasteiger partial charge in [-0.1, -0.05) is 18.2 Å². The van der Waals surface area contributed by atoms with Crippen LogP contribution < -0.4 is 10.9 Å². The van der Waals surface area contributed by atoms with Crippen molar-refractivity contribution < 1.29 is 19.4 Å². The second-order valence-corrected chi connectivity index (χ2v) is 6.39. The van der Waals surface area contributed by atoms with Gasteiger partial charge in [-0.05, 0) is 18.2 Å². The van der Waals surface area contributed by atoms with Crippen LogP contribution in [0.2, 0.25) is 0 Å². The summed E-state index contributed by atoms with van der Waals surface area (Å²) in [7, 11) is 0. The molecule has 0 spiro atoms. The van der Waals surface area contributed by atoms with E-state index in [2.05, 4.69) is 5.32 Å². The number of carbonyl (C=O) groups is 1. The molecular weight excluding hydrogens is 348 g/mol. The van der Waals surface area contributed by atoms with Crippen LogP contribution in [0, 0.1) is 0 Å². The van der Waals surface area contributed by atoms with Gasteiger partial charge in [0.1, 0.15) is 12.1 Å². The minimum atomic E-state index is -0.704. The van der Waals surface area contributed by atoms with Gasteiger partial charge < -0.3 is 24.5 Å². The minimum absolute atomic E-state index is 0.00306. The molecule has 2 aromatic carbocycles. The van der Waals surface area contributed by atoms with E-state index in [-0.39, 0.29) is 25.7 Å². The highest BCUT2D eigenvalue weighted by atomic mass is 16.4. The average Bonchev–Trinajstić information content (AvgIpc) is 2.97. The summed E-state index contributed by atoms with van der Waals surface area (Å²) in [4.78, 5) is 24.0. The molecule has 0 saturated carbocycles. The lowest BCUT2D eigenvalue weighted by Gasteiger charge is -2.14. The molecule has 3 N–H and O–H groups in total. The van der Waals surface area contributed by atoms with E-state index in [0.29, 0.717) is 5.58 Å². The van der Waals surface area contributed by atoms with Crippen molar-refractivity contribution in [3.63, 3.8) is 0 Å². The van der Waals surface area contributed by atoms with Crippen molar-refractivity contribution in [1.29, 1.82) is 0 Å². The summed E-state index contributed by atoms with van der Waals surface area (Å²) in [6.45, 7) is -0.681. The number of nitrogens with one attached hydrogen (secondary N) is 1. The third-order valence-corrected chi connectivity index (χ3v) is 4.62. The Bertz CT molecular complexity index is 1200. The number of carbonyl (C=O) groups excluding carboxylic acids is 1.